The van der Waals surface area contributed by atoms with Gasteiger partial charge >= 0.3 is 0 Å². The lowest BCUT2D eigenvalue weighted by atomic mass is 9.71. The Bertz CT molecular complexity index is 487. The minimum absolute atomic E-state index is 0.0263. The molecule has 1 aromatic rings. The van der Waals surface area contributed by atoms with Crippen molar-refractivity contribution in [2.24, 2.45) is 0 Å². The molecule has 1 aliphatic rings. The first-order chi connectivity index (χ1) is 9.65. The monoisotopic (exact) mass is 274 g/mol. The number of rotatable bonds is 5. The van der Waals surface area contributed by atoms with E-state index < -0.39 is 5.41 Å². The molecule has 0 N–H and O–H groups in total. The topological polar surface area (TPSA) is 50.3 Å². The Kier molecular flexibility index (Phi) is 4.53. The Morgan fingerprint density at radius 3 is 2.55 bits per heavy atom. The van der Waals surface area contributed by atoms with E-state index in [0.29, 0.717) is 25.8 Å². The van der Waals surface area contributed by atoms with Crippen LogP contribution < -0.4 is 0 Å². The second-order valence-electron chi connectivity index (χ2n) is 5.38. The zero-order valence-electron chi connectivity index (χ0n) is 12.3. The summed E-state index contributed by atoms with van der Waals surface area (Å²) in [6, 6.07) is 3.80. The van der Waals surface area contributed by atoms with Crippen molar-refractivity contribution in [1.29, 1.82) is 0 Å². The predicted molar refractivity (Wildman–Crippen MR) is 77.1 cm³/mol. The lowest BCUT2D eigenvalue weighted by molar-refractivity contribution is -0.153. The number of hydrogen-bond acceptors (Lipinski definition) is 3. The van der Waals surface area contributed by atoms with Crippen molar-refractivity contribution in [2.75, 3.05) is 6.54 Å². The summed E-state index contributed by atoms with van der Waals surface area (Å²) in [7, 11) is 0. The SMILES string of the molecule is CCCCN1C(=O)CC[C@](CC)(c2ccncc2)C1=O. The lowest BCUT2D eigenvalue weighted by Crippen LogP contribution is -2.54. The van der Waals surface area contributed by atoms with Crippen LogP contribution in [-0.4, -0.2) is 28.2 Å². The predicted octanol–water partition coefficient (Wildman–Crippen LogP) is 2.68. The molecule has 0 aromatic carbocycles. The molecule has 2 amide bonds. The van der Waals surface area contributed by atoms with Gasteiger partial charge in [-0.1, -0.05) is 20.3 Å². The van der Waals surface area contributed by atoms with Crippen molar-refractivity contribution in [2.45, 2.75) is 51.4 Å². The van der Waals surface area contributed by atoms with Gasteiger partial charge in [-0.3, -0.25) is 19.5 Å². The fourth-order valence-corrected chi connectivity index (χ4v) is 2.95. The maximum Gasteiger partial charge on any atom is 0.239 e. The summed E-state index contributed by atoms with van der Waals surface area (Å²) in [5.74, 6) is -0.0579. The van der Waals surface area contributed by atoms with E-state index in [1.54, 1.807) is 12.4 Å². The van der Waals surface area contributed by atoms with E-state index in [4.69, 9.17) is 0 Å². The van der Waals surface area contributed by atoms with Crippen LogP contribution in [0, 0.1) is 0 Å². The largest absolute Gasteiger partial charge is 0.282 e. The second-order valence-corrected chi connectivity index (χ2v) is 5.38. The van der Waals surface area contributed by atoms with Crippen LogP contribution in [0.1, 0.15) is 51.5 Å². The van der Waals surface area contributed by atoms with Crippen LogP contribution in [0.2, 0.25) is 0 Å². The number of aromatic nitrogens is 1. The quantitative estimate of drug-likeness (QED) is 0.776. The van der Waals surface area contributed by atoms with Crippen molar-refractivity contribution in [3.8, 4) is 0 Å². The molecule has 0 radical (unpaired) electrons. The number of imide groups is 1. The Balaban J connectivity index is 2.34. The van der Waals surface area contributed by atoms with Crippen molar-refractivity contribution >= 4 is 11.8 Å². The molecule has 1 atom stereocenters. The molecule has 108 valence electrons. The summed E-state index contributed by atoms with van der Waals surface area (Å²) in [5, 5.41) is 0. The van der Waals surface area contributed by atoms with Crippen molar-refractivity contribution < 1.29 is 9.59 Å². The summed E-state index contributed by atoms with van der Waals surface area (Å²) in [6.45, 7) is 4.63. The van der Waals surface area contributed by atoms with E-state index in [0.717, 1.165) is 18.4 Å². The first-order valence-electron chi connectivity index (χ1n) is 7.41. The highest BCUT2D eigenvalue weighted by Crippen LogP contribution is 2.38. The number of unbranched alkanes of at least 4 members (excludes halogenated alkanes) is 1. The maximum atomic E-state index is 12.9. The number of carbonyl (C=O) groups is 2. The molecule has 20 heavy (non-hydrogen) atoms. The standard InChI is InChI=1S/C16H22N2O2/c1-3-5-12-18-14(19)6-9-16(4-2,15(18)20)13-7-10-17-11-8-13/h7-8,10-11H,3-6,9,12H2,1-2H3/t16-/m1/s1. The van der Waals surface area contributed by atoms with Gasteiger partial charge in [-0.15, -0.1) is 0 Å². The van der Waals surface area contributed by atoms with Gasteiger partial charge in [-0.2, -0.15) is 0 Å². The molecule has 1 saturated heterocycles. The normalized spacial score (nSPS) is 23.2. The third-order valence-electron chi connectivity index (χ3n) is 4.29. The molecule has 0 unspecified atom stereocenters. The Labute approximate surface area is 120 Å². The Morgan fingerprint density at radius 1 is 1.25 bits per heavy atom. The number of carbonyl (C=O) groups excluding carboxylic acids is 2. The molecule has 1 fully saturated rings. The fraction of sp³-hybridized carbons (Fsp3) is 0.562. The average molecular weight is 274 g/mol. The highest BCUT2D eigenvalue weighted by atomic mass is 16.2. The van der Waals surface area contributed by atoms with Crippen molar-refractivity contribution in [3.05, 3.63) is 30.1 Å². The smallest absolute Gasteiger partial charge is 0.239 e. The summed E-state index contributed by atoms with van der Waals surface area (Å²) in [6.07, 6.45) is 7.05. The number of piperidine rings is 1. The molecule has 0 saturated carbocycles. The van der Waals surface area contributed by atoms with E-state index in [-0.39, 0.29) is 11.8 Å². The molecule has 1 aromatic heterocycles. The summed E-state index contributed by atoms with van der Waals surface area (Å²) in [4.78, 5) is 30.4. The molecule has 0 bridgehead atoms. The minimum atomic E-state index is -0.551. The van der Waals surface area contributed by atoms with Crippen LogP contribution in [0.15, 0.2) is 24.5 Å². The van der Waals surface area contributed by atoms with Gasteiger partial charge in [-0.05, 0) is 37.0 Å². The molecule has 1 aliphatic heterocycles. The maximum absolute atomic E-state index is 12.9. The Morgan fingerprint density at radius 2 is 1.95 bits per heavy atom. The van der Waals surface area contributed by atoms with Gasteiger partial charge in [0.1, 0.15) is 0 Å². The van der Waals surface area contributed by atoms with Crippen molar-refractivity contribution in [3.63, 3.8) is 0 Å². The molecular formula is C16H22N2O2. The van der Waals surface area contributed by atoms with E-state index >= 15 is 0 Å². The van der Waals surface area contributed by atoms with E-state index in [1.807, 2.05) is 19.1 Å². The molecular weight excluding hydrogens is 252 g/mol. The third-order valence-corrected chi connectivity index (χ3v) is 4.29. The first-order valence-corrected chi connectivity index (χ1v) is 7.41. The van der Waals surface area contributed by atoms with Gasteiger partial charge in [0.15, 0.2) is 0 Å². The van der Waals surface area contributed by atoms with Crippen LogP contribution in [0.3, 0.4) is 0 Å². The number of hydrogen-bond donors (Lipinski definition) is 0. The van der Waals surface area contributed by atoms with Crippen molar-refractivity contribution in [1.82, 2.24) is 9.88 Å². The molecule has 4 heteroatoms. The van der Waals surface area contributed by atoms with Crippen LogP contribution in [0.4, 0.5) is 0 Å². The average Bonchev–Trinajstić information content (AvgIpc) is 2.49. The van der Waals surface area contributed by atoms with Crippen LogP contribution in [0.25, 0.3) is 0 Å². The van der Waals surface area contributed by atoms with Crippen LogP contribution in [-0.2, 0) is 15.0 Å². The highest BCUT2D eigenvalue weighted by molar-refractivity contribution is 6.03. The van der Waals surface area contributed by atoms with Crippen LogP contribution >= 0.6 is 0 Å². The molecule has 2 heterocycles. The summed E-state index contributed by atoms with van der Waals surface area (Å²) in [5.41, 5.74) is 0.430. The molecule has 0 aliphatic carbocycles. The van der Waals surface area contributed by atoms with Gasteiger partial charge in [0.05, 0.1) is 5.41 Å². The van der Waals surface area contributed by atoms with Gasteiger partial charge in [0.2, 0.25) is 11.8 Å². The second kappa shape index (κ2) is 6.16. The van der Waals surface area contributed by atoms with Crippen LogP contribution in [0.5, 0.6) is 0 Å². The lowest BCUT2D eigenvalue weighted by Gasteiger charge is -2.40. The fourth-order valence-electron chi connectivity index (χ4n) is 2.95. The van der Waals surface area contributed by atoms with E-state index in [2.05, 4.69) is 11.9 Å². The van der Waals surface area contributed by atoms with Gasteiger partial charge in [0, 0.05) is 25.4 Å². The number of nitrogens with zero attached hydrogens (tertiary/aromatic N) is 2. The Hall–Kier alpha value is -1.71. The number of pyridine rings is 1. The van der Waals surface area contributed by atoms with Gasteiger partial charge in [0.25, 0.3) is 0 Å². The number of amides is 2. The van der Waals surface area contributed by atoms with E-state index in [9.17, 15) is 9.59 Å². The summed E-state index contributed by atoms with van der Waals surface area (Å²) >= 11 is 0. The first kappa shape index (κ1) is 14.7. The van der Waals surface area contributed by atoms with Gasteiger partial charge < -0.3 is 0 Å². The minimum Gasteiger partial charge on any atom is -0.282 e. The highest BCUT2D eigenvalue weighted by Gasteiger charge is 2.46. The molecule has 0 spiro atoms. The van der Waals surface area contributed by atoms with Gasteiger partial charge in [-0.25, -0.2) is 0 Å². The third kappa shape index (κ3) is 2.47. The zero-order chi connectivity index (χ0) is 14.6. The molecule has 2 rings (SSSR count). The number of likely N-dealkylation sites (tertiary alicyclic amines) is 1. The molecule has 4 nitrogen and oxygen atoms in total. The van der Waals surface area contributed by atoms with E-state index in [1.165, 1.54) is 4.90 Å². The zero-order valence-corrected chi connectivity index (χ0v) is 12.3. The summed E-state index contributed by atoms with van der Waals surface area (Å²) < 4.78 is 0.